The Balaban J connectivity index is 1.19. The number of aromatic nitrogens is 7. The Morgan fingerprint density at radius 2 is 1.75 bits per heavy atom. The minimum atomic E-state index is 0.240. The number of nitrogens with zero attached hydrogens (tertiary/aromatic N) is 9. The van der Waals surface area contributed by atoms with Gasteiger partial charge < -0.3 is 9.80 Å². The molecule has 1 atom stereocenters. The summed E-state index contributed by atoms with van der Waals surface area (Å²) in [4.78, 5) is 18.7. The molecule has 0 bridgehead atoms. The summed E-state index contributed by atoms with van der Waals surface area (Å²) in [5, 5.41) is 8.85. The fourth-order valence-corrected chi connectivity index (χ4v) is 4.96. The van der Waals surface area contributed by atoms with Crippen molar-refractivity contribution in [3.63, 3.8) is 0 Å². The maximum Gasteiger partial charge on any atom is 0.225 e. The van der Waals surface area contributed by atoms with Gasteiger partial charge in [0.1, 0.15) is 11.8 Å². The lowest BCUT2D eigenvalue weighted by Gasteiger charge is -2.40. The van der Waals surface area contributed by atoms with Crippen molar-refractivity contribution in [2.75, 3.05) is 29.4 Å². The van der Waals surface area contributed by atoms with Gasteiger partial charge in [0.15, 0.2) is 5.82 Å². The predicted molar refractivity (Wildman–Crippen MR) is 140 cm³/mol. The second-order valence-corrected chi connectivity index (χ2v) is 9.45. The molecular weight excluding hydrogens is 450 g/mol. The second-order valence-electron chi connectivity index (χ2n) is 9.45. The van der Waals surface area contributed by atoms with Crippen molar-refractivity contribution in [2.24, 2.45) is 7.05 Å². The molecule has 5 aromatic rings. The fourth-order valence-electron chi connectivity index (χ4n) is 4.96. The number of aryl methyl sites for hydroxylation is 1. The van der Waals surface area contributed by atoms with E-state index in [1.165, 1.54) is 5.56 Å². The second kappa shape index (κ2) is 9.07. The topological polar surface area (TPSA) is 80.3 Å². The maximum absolute atomic E-state index is 4.70. The van der Waals surface area contributed by atoms with Crippen LogP contribution in [0.3, 0.4) is 0 Å². The Labute approximate surface area is 210 Å². The van der Waals surface area contributed by atoms with E-state index in [2.05, 4.69) is 75.4 Å². The van der Waals surface area contributed by atoms with Crippen LogP contribution in [0.1, 0.15) is 23.7 Å². The van der Waals surface area contributed by atoms with Gasteiger partial charge in [-0.3, -0.25) is 4.68 Å². The van der Waals surface area contributed by atoms with Crippen LogP contribution in [-0.2, 0) is 13.5 Å². The van der Waals surface area contributed by atoms with Gasteiger partial charge in [-0.25, -0.2) is 19.5 Å². The van der Waals surface area contributed by atoms with Crippen LogP contribution in [0.2, 0.25) is 0 Å². The third-order valence-corrected chi connectivity index (χ3v) is 7.06. The standard InChI is InChI=1S/C27H29N9/c1-19-16-34(9-10-35(19)27-28-13-22(14-29-27)11-21-7-5-4-6-8-21)26-25-12-23(17-36(25)32-18-30-26)24-15-31-33(3)20(24)2/h4-8,12-15,17-19H,9-11,16H2,1-3H3. The first-order valence-corrected chi connectivity index (χ1v) is 12.3. The molecule has 0 spiro atoms. The molecule has 9 nitrogen and oxygen atoms in total. The maximum atomic E-state index is 4.70. The fraction of sp³-hybridized carbons (Fsp3) is 0.296. The molecule has 182 valence electrons. The van der Waals surface area contributed by atoms with Gasteiger partial charge in [0.2, 0.25) is 5.95 Å². The minimum Gasteiger partial charge on any atom is -0.351 e. The molecule has 0 saturated carbocycles. The lowest BCUT2D eigenvalue weighted by Crippen LogP contribution is -2.53. The zero-order valence-corrected chi connectivity index (χ0v) is 20.8. The molecule has 36 heavy (non-hydrogen) atoms. The molecule has 1 aliphatic rings. The van der Waals surface area contributed by atoms with Crippen LogP contribution in [0, 0.1) is 6.92 Å². The Morgan fingerprint density at radius 3 is 2.47 bits per heavy atom. The van der Waals surface area contributed by atoms with E-state index < -0.39 is 0 Å². The summed E-state index contributed by atoms with van der Waals surface area (Å²) in [7, 11) is 1.96. The molecule has 4 aromatic heterocycles. The van der Waals surface area contributed by atoms with Gasteiger partial charge in [0, 0.05) is 74.6 Å². The number of piperazine rings is 1. The molecule has 1 saturated heterocycles. The molecule has 1 aromatic carbocycles. The van der Waals surface area contributed by atoms with E-state index >= 15 is 0 Å². The number of anilines is 2. The summed E-state index contributed by atoms with van der Waals surface area (Å²) in [6.45, 7) is 6.78. The van der Waals surface area contributed by atoms with Gasteiger partial charge in [0.05, 0.1) is 6.20 Å². The van der Waals surface area contributed by atoms with Crippen molar-refractivity contribution in [3.05, 3.63) is 84.3 Å². The number of hydrogen-bond acceptors (Lipinski definition) is 7. The number of fused-ring (bicyclic) bond motifs is 1. The minimum absolute atomic E-state index is 0.240. The zero-order valence-electron chi connectivity index (χ0n) is 20.8. The van der Waals surface area contributed by atoms with Crippen LogP contribution >= 0.6 is 0 Å². The summed E-state index contributed by atoms with van der Waals surface area (Å²) in [5.41, 5.74) is 6.71. The van der Waals surface area contributed by atoms with Crippen molar-refractivity contribution in [3.8, 4) is 11.1 Å². The summed E-state index contributed by atoms with van der Waals surface area (Å²) >= 11 is 0. The van der Waals surface area contributed by atoms with Crippen LogP contribution in [0.4, 0.5) is 11.8 Å². The highest BCUT2D eigenvalue weighted by atomic mass is 15.4. The monoisotopic (exact) mass is 479 g/mol. The van der Waals surface area contributed by atoms with E-state index in [1.54, 1.807) is 6.33 Å². The molecule has 5 heterocycles. The van der Waals surface area contributed by atoms with Crippen LogP contribution in [0.5, 0.6) is 0 Å². The van der Waals surface area contributed by atoms with Crippen molar-refractivity contribution in [1.82, 2.24) is 34.3 Å². The normalized spacial score (nSPS) is 16.1. The Hall–Kier alpha value is -4.27. The van der Waals surface area contributed by atoms with Crippen molar-refractivity contribution in [2.45, 2.75) is 26.3 Å². The zero-order chi connectivity index (χ0) is 24.6. The molecule has 0 aliphatic carbocycles. The lowest BCUT2D eigenvalue weighted by molar-refractivity contribution is 0.537. The smallest absolute Gasteiger partial charge is 0.225 e. The van der Waals surface area contributed by atoms with E-state index in [0.29, 0.717) is 0 Å². The summed E-state index contributed by atoms with van der Waals surface area (Å²) in [5.74, 6) is 1.73. The first-order chi connectivity index (χ1) is 17.6. The SMILES string of the molecule is Cc1c(-c2cc3c(N4CCN(c5ncc(Cc6ccccc6)cn5)C(C)C4)ncnn3c2)cnn1C. The summed E-state index contributed by atoms with van der Waals surface area (Å²) in [6, 6.07) is 12.8. The molecule has 6 rings (SSSR count). The molecule has 9 heteroatoms. The Bertz CT molecular complexity index is 1490. The van der Waals surface area contributed by atoms with E-state index in [-0.39, 0.29) is 6.04 Å². The quantitative estimate of drug-likeness (QED) is 0.381. The molecule has 1 aliphatic heterocycles. The van der Waals surface area contributed by atoms with E-state index in [0.717, 1.165) is 65.7 Å². The van der Waals surface area contributed by atoms with Crippen molar-refractivity contribution >= 4 is 17.3 Å². The van der Waals surface area contributed by atoms with Gasteiger partial charge in [-0.1, -0.05) is 30.3 Å². The number of hydrogen-bond donors (Lipinski definition) is 0. The van der Waals surface area contributed by atoms with Crippen LogP contribution < -0.4 is 9.80 Å². The van der Waals surface area contributed by atoms with E-state index in [9.17, 15) is 0 Å². The van der Waals surface area contributed by atoms with Gasteiger partial charge >= 0.3 is 0 Å². The van der Waals surface area contributed by atoms with E-state index in [4.69, 9.17) is 9.97 Å². The average Bonchev–Trinajstić information content (AvgIpc) is 3.48. The van der Waals surface area contributed by atoms with E-state index in [1.807, 2.05) is 40.9 Å². The van der Waals surface area contributed by atoms with Crippen LogP contribution in [0.15, 0.2) is 67.5 Å². The first-order valence-electron chi connectivity index (χ1n) is 12.3. The third-order valence-electron chi connectivity index (χ3n) is 7.06. The number of benzene rings is 1. The predicted octanol–water partition coefficient (Wildman–Crippen LogP) is 3.53. The van der Waals surface area contributed by atoms with Gasteiger partial charge in [0.25, 0.3) is 0 Å². The van der Waals surface area contributed by atoms with Gasteiger partial charge in [-0.15, -0.1) is 0 Å². The Morgan fingerprint density at radius 1 is 0.944 bits per heavy atom. The van der Waals surface area contributed by atoms with Crippen molar-refractivity contribution in [1.29, 1.82) is 0 Å². The number of rotatable bonds is 5. The molecule has 1 fully saturated rings. The highest BCUT2D eigenvalue weighted by Crippen LogP contribution is 2.30. The molecule has 0 N–H and O–H groups in total. The van der Waals surface area contributed by atoms with Gasteiger partial charge in [-0.05, 0) is 31.0 Å². The lowest BCUT2D eigenvalue weighted by atomic mass is 10.1. The van der Waals surface area contributed by atoms with Crippen LogP contribution in [-0.4, -0.2) is 60.0 Å². The van der Waals surface area contributed by atoms with Crippen LogP contribution in [0.25, 0.3) is 16.6 Å². The molecule has 1 unspecified atom stereocenters. The first kappa shape index (κ1) is 22.2. The molecule has 0 radical (unpaired) electrons. The highest BCUT2D eigenvalue weighted by Gasteiger charge is 2.28. The molecular formula is C27H29N9. The van der Waals surface area contributed by atoms with Crippen molar-refractivity contribution < 1.29 is 0 Å². The highest BCUT2D eigenvalue weighted by molar-refractivity contribution is 5.78. The summed E-state index contributed by atoms with van der Waals surface area (Å²) < 4.78 is 3.80. The van der Waals surface area contributed by atoms with Gasteiger partial charge in [-0.2, -0.15) is 10.2 Å². The third kappa shape index (κ3) is 4.06. The largest absolute Gasteiger partial charge is 0.351 e. The molecule has 0 amide bonds. The average molecular weight is 480 g/mol. The Kier molecular flexibility index (Phi) is 5.59. The summed E-state index contributed by atoms with van der Waals surface area (Å²) in [6.07, 6.45) is 10.3.